The number of carbonyl (C=O) groups is 2. The molecule has 1 atom stereocenters. The topological polar surface area (TPSA) is 68.5 Å². The molecule has 1 N–H and O–H groups in total. The molecule has 6 heteroatoms. The molecule has 26 heavy (non-hydrogen) atoms. The van der Waals surface area contributed by atoms with Crippen LogP contribution in [0.2, 0.25) is 0 Å². The fraction of sp³-hybridized carbons (Fsp3) is 0.200. The fourth-order valence-electron chi connectivity index (χ4n) is 2.50. The van der Waals surface area contributed by atoms with E-state index in [9.17, 15) is 14.0 Å². The van der Waals surface area contributed by atoms with E-state index < -0.39 is 24.3 Å². The summed E-state index contributed by atoms with van der Waals surface area (Å²) in [5.74, 6) is -1.12. The van der Waals surface area contributed by atoms with Gasteiger partial charge >= 0.3 is 5.97 Å². The van der Waals surface area contributed by atoms with Gasteiger partial charge in [-0.05, 0) is 43.7 Å². The average Bonchev–Trinajstić information content (AvgIpc) is 3.06. The Kier molecular flexibility index (Phi) is 5.02. The van der Waals surface area contributed by atoms with Crippen LogP contribution in [0.15, 0.2) is 52.9 Å². The van der Waals surface area contributed by atoms with Gasteiger partial charge in [-0.25, -0.2) is 9.18 Å². The van der Waals surface area contributed by atoms with Gasteiger partial charge in [0.15, 0.2) is 6.61 Å². The van der Waals surface area contributed by atoms with E-state index in [4.69, 9.17) is 9.15 Å². The molecule has 0 unspecified atom stereocenters. The lowest BCUT2D eigenvalue weighted by Crippen LogP contribution is -2.31. The minimum absolute atomic E-state index is 0.0613. The minimum Gasteiger partial charge on any atom is -0.459 e. The summed E-state index contributed by atoms with van der Waals surface area (Å²) in [5, 5.41) is 3.64. The van der Waals surface area contributed by atoms with Crippen LogP contribution in [-0.2, 0) is 9.53 Å². The summed E-state index contributed by atoms with van der Waals surface area (Å²) < 4.78 is 24.1. The molecule has 0 aliphatic carbocycles. The van der Waals surface area contributed by atoms with Crippen molar-refractivity contribution in [1.29, 1.82) is 0 Å². The Labute approximate surface area is 149 Å². The number of hydrogen-bond donors (Lipinski definition) is 1. The first kappa shape index (κ1) is 17.7. The second-order valence-electron chi connectivity index (χ2n) is 6.02. The maximum atomic E-state index is 13.5. The Morgan fingerprint density at radius 2 is 1.96 bits per heavy atom. The van der Waals surface area contributed by atoms with E-state index in [1.54, 1.807) is 13.8 Å². The van der Waals surface area contributed by atoms with Crippen LogP contribution in [0.25, 0.3) is 11.0 Å². The van der Waals surface area contributed by atoms with Crippen LogP contribution < -0.4 is 5.32 Å². The highest BCUT2D eigenvalue weighted by atomic mass is 19.1. The van der Waals surface area contributed by atoms with Gasteiger partial charge in [0.2, 0.25) is 0 Å². The molecule has 2 aromatic carbocycles. The number of rotatable bonds is 5. The minimum atomic E-state index is -0.754. The SMILES string of the molecule is Cc1ccc(C(=O)OCC(=O)N[C@H](C)c2cc3ccccc3o2)cc1F. The summed E-state index contributed by atoms with van der Waals surface area (Å²) in [5.41, 5.74) is 1.22. The van der Waals surface area contributed by atoms with Crippen molar-refractivity contribution in [3.05, 3.63) is 71.2 Å². The van der Waals surface area contributed by atoms with Crippen molar-refractivity contribution in [1.82, 2.24) is 5.32 Å². The zero-order chi connectivity index (χ0) is 18.7. The number of fused-ring (bicyclic) bond motifs is 1. The smallest absolute Gasteiger partial charge is 0.338 e. The molecule has 0 fully saturated rings. The third kappa shape index (κ3) is 3.91. The second kappa shape index (κ2) is 7.39. The molecule has 0 aliphatic rings. The molecule has 1 aromatic heterocycles. The van der Waals surface area contributed by atoms with Crippen LogP contribution in [0.1, 0.15) is 34.6 Å². The molecular weight excluding hydrogens is 337 g/mol. The van der Waals surface area contributed by atoms with Crippen LogP contribution in [0.4, 0.5) is 4.39 Å². The molecule has 3 rings (SSSR count). The van der Waals surface area contributed by atoms with E-state index in [-0.39, 0.29) is 11.6 Å². The summed E-state index contributed by atoms with van der Waals surface area (Å²) in [6, 6.07) is 13.0. The third-order valence-electron chi connectivity index (χ3n) is 3.99. The summed E-state index contributed by atoms with van der Waals surface area (Å²) in [7, 11) is 0. The molecular formula is C20H18FNO4. The second-order valence-corrected chi connectivity index (χ2v) is 6.02. The number of furan rings is 1. The lowest BCUT2D eigenvalue weighted by molar-refractivity contribution is -0.125. The molecule has 5 nitrogen and oxygen atoms in total. The number of esters is 1. The lowest BCUT2D eigenvalue weighted by atomic mass is 10.1. The van der Waals surface area contributed by atoms with Gasteiger partial charge in [-0.1, -0.05) is 24.3 Å². The summed E-state index contributed by atoms with van der Waals surface area (Å²) in [4.78, 5) is 23.9. The number of ether oxygens (including phenoxy) is 1. The monoisotopic (exact) mass is 355 g/mol. The van der Waals surface area contributed by atoms with Crippen molar-refractivity contribution in [2.24, 2.45) is 0 Å². The predicted octanol–water partition coefficient (Wildman–Crippen LogP) is 3.91. The Balaban J connectivity index is 1.56. The number of hydrogen-bond acceptors (Lipinski definition) is 4. The number of carbonyl (C=O) groups excluding carboxylic acids is 2. The highest BCUT2D eigenvalue weighted by Crippen LogP contribution is 2.23. The maximum absolute atomic E-state index is 13.5. The lowest BCUT2D eigenvalue weighted by Gasteiger charge is -2.11. The van der Waals surface area contributed by atoms with Gasteiger partial charge in [0, 0.05) is 5.39 Å². The van der Waals surface area contributed by atoms with Crippen molar-refractivity contribution >= 4 is 22.8 Å². The van der Waals surface area contributed by atoms with Gasteiger partial charge in [-0.3, -0.25) is 4.79 Å². The van der Waals surface area contributed by atoms with Crippen LogP contribution in [-0.4, -0.2) is 18.5 Å². The first-order chi connectivity index (χ1) is 12.4. The molecule has 0 aliphatic heterocycles. The normalized spacial score (nSPS) is 12.0. The first-order valence-corrected chi connectivity index (χ1v) is 8.15. The average molecular weight is 355 g/mol. The number of para-hydroxylation sites is 1. The van der Waals surface area contributed by atoms with Crippen molar-refractivity contribution < 1.29 is 23.1 Å². The molecule has 1 heterocycles. The van der Waals surface area contributed by atoms with E-state index in [0.29, 0.717) is 11.3 Å². The van der Waals surface area contributed by atoms with Crippen LogP contribution in [0.3, 0.4) is 0 Å². The van der Waals surface area contributed by atoms with E-state index in [2.05, 4.69) is 5.32 Å². The quantitative estimate of drug-likeness (QED) is 0.705. The zero-order valence-electron chi connectivity index (χ0n) is 14.4. The summed E-state index contributed by atoms with van der Waals surface area (Å²) >= 11 is 0. The Bertz CT molecular complexity index is 930. The largest absolute Gasteiger partial charge is 0.459 e. The fourth-order valence-corrected chi connectivity index (χ4v) is 2.50. The van der Waals surface area contributed by atoms with E-state index in [0.717, 1.165) is 17.0 Å². The van der Waals surface area contributed by atoms with Gasteiger partial charge in [-0.2, -0.15) is 0 Å². The molecule has 134 valence electrons. The maximum Gasteiger partial charge on any atom is 0.338 e. The van der Waals surface area contributed by atoms with Gasteiger partial charge in [0.05, 0.1) is 11.6 Å². The van der Waals surface area contributed by atoms with Crippen LogP contribution >= 0.6 is 0 Å². The molecule has 0 saturated heterocycles. The number of halogens is 1. The van der Waals surface area contributed by atoms with Crippen LogP contribution in [0.5, 0.6) is 0 Å². The molecule has 0 radical (unpaired) electrons. The Hall–Kier alpha value is -3.15. The molecule has 0 spiro atoms. The number of amides is 1. The first-order valence-electron chi connectivity index (χ1n) is 8.15. The number of nitrogens with one attached hydrogen (secondary N) is 1. The van der Waals surface area contributed by atoms with Crippen molar-refractivity contribution in [2.75, 3.05) is 6.61 Å². The summed E-state index contributed by atoms with van der Waals surface area (Å²) in [6.07, 6.45) is 0. The van der Waals surface area contributed by atoms with Crippen LogP contribution in [0, 0.1) is 12.7 Å². The predicted molar refractivity (Wildman–Crippen MR) is 94.2 cm³/mol. The standard InChI is InChI=1S/C20H18FNO4/c1-12-7-8-15(9-16(12)21)20(24)25-11-19(23)22-13(2)18-10-14-5-3-4-6-17(14)26-18/h3-10,13H,11H2,1-2H3,(H,22,23)/t13-/m1/s1. The van der Waals surface area contributed by atoms with Gasteiger partial charge < -0.3 is 14.5 Å². The highest BCUT2D eigenvalue weighted by molar-refractivity contribution is 5.91. The summed E-state index contributed by atoms with van der Waals surface area (Å²) in [6.45, 7) is 2.91. The van der Waals surface area contributed by atoms with Gasteiger partial charge in [-0.15, -0.1) is 0 Å². The number of benzene rings is 2. The van der Waals surface area contributed by atoms with Gasteiger partial charge in [0.1, 0.15) is 17.2 Å². The molecule has 3 aromatic rings. The Morgan fingerprint density at radius 3 is 2.69 bits per heavy atom. The van der Waals surface area contributed by atoms with Gasteiger partial charge in [0.25, 0.3) is 5.91 Å². The van der Waals surface area contributed by atoms with E-state index in [1.165, 1.54) is 12.1 Å². The Morgan fingerprint density at radius 1 is 1.19 bits per heavy atom. The van der Waals surface area contributed by atoms with Crippen molar-refractivity contribution in [3.63, 3.8) is 0 Å². The molecule has 0 bridgehead atoms. The number of aryl methyl sites for hydroxylation is 1. The third-order valence-corrected chi connectivity index (χ3v) is 3.99. The van der Waals surface area contributed by atoms with Crippen molar-refractivity contribution in [3.8, 4) is 0 Å². The zero-order valence-corrected chi connectivity index (χ0v) is 14.4. The van der Waals surface area contributed by atoms with Crippen molar-refractivity contribution in [2.45, 2.75) is 19.9 Å². The van der Waals surface area contributed by atoms with E-state index in [1.807, 2.05) is 30.3 Å². The highest BCUT2D eigenvalue weighted by Gasteiger charge is 2.16. The molecule has 0 saturated carbocycles. The molecule has 1 amide bonds. The van der Waals surface area contributed by atoms with E-state index >= 15 is 0 Å².